The molecule has 0 spiro atoms. The molecule has 0 radical (unpaired) electrons. The Morgan fingerprint density at radius 2 is 2.25 bits per heavy atom. The Bertz CT molecular complexity index is 510. The molecule has 0 saturated carbocycles. The molecule has 0 unspecified atom stereocenters. The Labute approximate surface area is 113 Å². The molecule has 0 saturated heterocycles. The van der Waals surface area contributed by atoms with E-state index in [-0.39, 0.29) is 16.5 Å². The van der Waals surface area contributed by atoms with Crippen molar-refractivity contribution in [3.05, 3.63) is 36.9 Å². The SMILES string of the molecule is N#Cc1ccc(I)c(C(=O)CBr)c1[N+](=O)[O-]. The molecule has 1 aromatic carbocycles. The molecule has 0 fully saturated rings. The smallest absolute Gasteiger partial charge is 0.293 e. The van der Waals surface area contributed by atoms with Gasteiger partial charge in [-0.2, -0.15) is 5.26 Å². The maximum atomic E-state index is 11.6. The number of nitrogens with zero attached hydrogens (tertiary/aromatic N) is 2. The number of nitro groups is 1. The Kier molecular flexibility index (Phi) is 4.37. The average molecular weight is 395 g/mol. The van der Waals surface area contributed by atoms with Crippen molar-refractivity contribution < 1.29 is 9.72 Å². The summed E-state index contributed by atoms with van der Waals surface area (Å²) in [5, 5.41) is 19.6. The summed E-state index contributed by atoms with van der Waals surface area (Å²) in [6, 6.07) is 4.57. The standard InChI is InChI=1S/C9H4BrIN2O3/c10-3-7(14)8-6(11)2-1-5(4-12)9(8)13(15)16/h1-2H,3H2. The molecule has 0 aromatic heterocycles. The van der Waals surface area contributed by atoms with Crippen LogP contribution in [0.4, 0.5) is 5.69 Å². The molecular formula is C9H4BrIN2O3. The molecule has 0 aliphatic carbocycles. The maximum Gasteiger partial charge on any atom is 0.298 e. The summed E-state index contributed by atoms with van der Waals surface area (Å²) in [7, 11) is 0. The van der Waals surface area contributed by atoms with Crippen molar-refractivity contribution in [2.45, 2.75) is 0 Å². The van der Waals surface area contributed by atoms with E-state index < -0.39 is 16.4 Å². The first-order valence-corrected chi connectivity index (χ1v) is 6.19. The number of ketones is 1. The first kappa shape index (κ1) is 13.1. The third-order valence-corrected chi connectivity index (χ3v) is 3.24. The third kappa shape index (κ3) is 2.38. The van der Waals surface area contributed by atoms with E-state index in [1.807, 2.05) is 22.6 Å². The van der Waals surface area contributed by atoms with Crippen molar-refractivity contribution in [1.82, 2.24) is 0 Å². The van der Waals surface area contributed by atoms with Gasteiger partial charge in [-0.25, -0.2) is 0 Å². The van der Waals surface area contributed by atoms with Gasteiger partial charge >= 0.3 is 0 Å². The van der Waals surface area contributed by atoms with E-state index in [1.165, 1.54) is 12.1 Å². The number of carbonyl (C=O) groups excluding carboxylic acids is 1. The zero-order chi connectivity index (χ0) is 12.3. The summed E-state index contributed by atoms with van der Waals surface area (Å²) in [4.78, 5) is 21.7. The summed E-state index contributed by atoms with van der Waals surface area (Å²) in [6.07, 6.45) is 0. The Morgan fingerprint density at radius 1 is 1.62 bits per heavy atom. The fourth-order valence-electron chi connectivity index (χ4n) is 1.18. The van der Waals surface area contributed by atoms with Gasteiger partial charge in [-0.05, 0) is 34.7 Å². The lowest BCUT2D eigenvalue weighted by Gasteiger charge is -2.04. The van der Waals surface area contributed by atoms with Crippen LogP contribution in [0, 0.1) is 25.0 Å². The minimum atomic E-state index is -0.698. The molecule has 1 rings (SSSR count). The van der Waals surface area contributed by atoms with Gasteiger partial charge in [0.1, 0.15) is 17.2 Å². The minimum absolute atomic E-state index is 0.0125. The highest BCUT2D eigenvalue weighted by Crippen LogP contribution is 2.28. The van der Waals surface area contributed by atoms with Crippen LogP contribution >= 0.6 is 38.5 Å². The predicted molar refractivity (Wildman–Crippen MR) is 68.7 cm³/mol. The normalized spacial score (nSPS) is 9.56. The van der Waals surface area contributed by atoms with Crippen molar-refractivity contribution in [2.24, 2.45) is 0 Å². The van der Waals surface area contributed by atoms with Crippen molar-refractivity contribution in [3.8, 4) is 6.07 Å². The summed E-state index contributed by atoms with van der Waals surface area (Å²) in [5.41, 5.74) is -0.532. The zero-order valence-electron chi connectivity index (χ0n) is 7.74. The van der Waals surface area contributed by atoms with Crippen molar-refractivity contribution >= 4 is 50.0 Å². The number of benzene rings is 1. The molecule has 16 heavy (non-hydrogen) atoms. The summed E-state index contributed by atoms with van der Waals surface area (Å²) >= 11 is 4.79. The van der Waals surface area contributed by atoms with Crippen LogP contribution in [0.3, 0.4) is 0 Å². The first-order valence-electron chi connectivity index (χ1n) is 3.99. The monoisotopic (exact) mass is 394 g/mol. The number of halogens is 2. The molecule has 0 aliphatic rings. The number of hydrogen-bond donors (Lipinski definition) is 0. The Balaban J connectivity index is 3.62. The molecule has 82 valence electrons. The lowest BCUT2D eigenvalue weighted by molar-refractivity contribution is -0.385. The molecule has 0 amide bonds. The van der Waals surface area contributed by atoms with E-state index in [0.717, 1.165) is 0 Å². The number of carbonyl (C=O) groups is 1. The summed E-state index contributed by atoms with van der Waals surface area (Å²) in [6.45, 7) is 0. The van der Waals surface area contributed by atoms with Gasteiger partial charge in [0.15, 0.2) is 5.78 Å². The van der Waals surface area contributed by atoms with Gasteiger partial charge in [0.05, 0.1) is 10.3 Å². The Hall–Kier alpha value is -1.01. The molecule has 7 heteroatoms. The molecule has 0 atom stereocenters. The van der Waals surface area contributed by atoms with Crippen LogP contribution in [0.1, 0.15) is 15.9 Å². The largest absolute Gasteiger partial charge is 0.298 e. The molecule has 0 bridgehead atoms. The van der Waals surface area contributed by atoms with Crippen LogP contribution in [0.25, 0.3) is 0 Å². The molecule has 0 heterocycles. The number of rotatable bonds is 3. The fraction of sp³-hybridized carbons (Fsp3) is 0.111. The van der Waals surface area contributed by atoms with Gasteiger partial charge < -0.3 is 0 Å². The highest BCUT2D eigenvalue weighted by Gasteiger charge is 2.26. The summed E-state index contributed by atoms with van der Waals surface area (Å²) in [5.74, 6) is -0.409. The van der Waals surface area contributed by atoms with Crippen LogP contribution in [0.5, 0.6) is 0 Å². The molecule has 1 aromatic rings. The zero-order valence-corrected chi connectivity index (χ0v) is 11.5. The van der Waals surface area contributed by atoms with E-state index in [0.29, 0.717) is 3.57 Å². The van der Waals surface area contributed by atoms with E-state index >= 15 is 0 Å². The number of Topliss-reactive ketones (excluding diaryl/α,β-unsaturated/α-hetero) is 1. The van der Waals surface area contributed by atoms with Crippen LogP contribution in [-0.2, 0) is 0 Å². The second-order valence-electron chi connectivity index (χ2n) is 2.74. The number of nitriles is 1. The number of hydrogen-bond acceptors (Lipinski definition) is 4. The van der Waals surface area contributed by atoms with Crippen LogP contribution < -0.4 is 0 Å². The van der Waals surface area contributed by atoms with Crippen molar-refractivity contribution in [3.63, 3.8) is 0 Å². The van der Waals surface area contributed by atoms with E-state index in [1.54, 1.807) is 6.07 Å². The van der Waals surface area contributed by atoms with Gasteiger partial charge in [0.25, 0.3) is 5.69 Å². The predicted octanol–water partition coefficient (Wildman–Crippen LogP) is 2.65. The minimum Gasteiger partial charge on any atom is -0.293 e. The van der Waals surface area contributed by atoms with E-state index in [2.05, 4.69) is 15.9 Å². The Morgan fingerprint density at radius 3 is 2.69 bits per heavy atom. The molecular weight excluding hydrogens is 391 g/mol. The fourth-order valence-corrected chi connectivity index (χ4v) is 2.19. The number of nitro benzene ring substituents is 1. The maximum absolute atomic E-state index is 11.6. The molecule has 5 nitrogen and oxygen atoms in total. The third-order valence-electron chi connectivity index (χ3n) is 1.83. The van der Waals surface area contributed by atoms with Crippen LogP contribution in [-0.4, -0.2) is 16.0 Å². The van der Waals surface area contributed by atoms with Gasteiger partial charge in [-0.1, -0.05) is 15.9 Å². The second-order valence-corrected chi connectivity index (χ2v) is 4.47. The number of alkyl halides is 1. The highest BCUT2D eigenvalue weighted by atomic mass is 127. The van der Waals surface area contributed by atoms with Crippen LogP contribution in [0.2, 0.25) is 0 Å². The average Bonchev–Trinajstić information content (AvgIpc) is 2.27. The topological polar surface area (TPSA) is 84.0 Å². The van der Waals surface area contributed by atoms with Crippen molar-refractivity contribution in [2.75, 3.05) is 5.33 Å². The highest BCUT2D eigenvalue weighted by molar-refractivity contribution is 14.1. The van der Waals surface area contributed by atoms with Crippen molar-refractivity contribution in [1.29, 1.82) is 5.26 Å². The lowest BCUT2D eigenvalue weighted by Crippen LogP contribution is -2.09. The molecule has 0 N–H and O–H groups in total. The first-order chi connectivity index (χ1) is 7.52. The van der Waals surface area contributed by atoms with Gasteiger partial charge in [-0.3, -0.25) is 14.9 Å². The van der Waals surface area contributed by atoms with Gasteiger partial charge in [0, 0.05) is 3.57 Å². The van der Waals surface area contributed by atoms with E-state index in [4.69, 9.17) is 5.26 Å². The quantitative estimate of drug-likeness (QED) is 0.259. The van der Waals surface area contributed by atoms with E-state index in [9.17, 15) is 14.9 Å². The molecule has 0 aliphatic heterocycles. The van der Waals surface area contributed by atoms with Gasteiger partial charge in [0.2, 0.25) is 0 Å². The van der Waals surface area contributed by atoms with Gasteiger partial charge in [-0.15, -0.1) is 0 Å². The van der Waals surface area contributed by atoms with Crippen LogP contribution in [0.15, 0.2) is 12.1 Å². The second kappa shape index (κ2) is 5.36. The lowest BCUT2D eigenvalue weighted by atomic mass is 10.1. The summed E-state index contributed by atoms with van der Waals surface area (Å²) < 4.78 is 0.466.